The first-order valence-electron chi connectivity index (χ1n) is 6.47. The molecule has 4 nitrogen and oxygen atoms in total. The smallest absolute Gasteiger partial charge is 0.237 e. The zero-order valence-corrected chi connectivity index (χ0v) is 10.3. The van der Waals surface area contributed by atoms with Gasteiger partial charge in [0, 0.05) is 25.7 Å². The summed E-state index contributed by atoms with van der Waals surface area (Å²) in [7, 11) is 0. The average molecular weight is 225 g/mol. The van der Waals surface area contributed by atoms with E-state index in [-0.39, 0.29) is 11.9 Å². The Labute approximate surface area is 97.8 Å². The topological polar surface area (TPSA) is 44.4 Å². The number of nitrogens with zero attached hydrogens (tertiary/aromatic N) is 1. The molecule has 2 N–H and O–H groups in total. The minimum absolute atomic E-state index is 0.0207. The van der Waals surface area contributed by atoms with Crippen LogP contribution in [0.2, 0.25) is 0 Å². The van der Waals surface area contributed by atoms with Crippen molar-refractivity contribution in [2.24, 2.45) is 5.92 Å². The minimum Gasteiger partial charge on any atom is -0.355 e. The fraction of sp³-hybridized carbons (Fsp3) is 0.917. The highest BCUT2D eigenvalue weighted by atomic mass is 16.2. The van der Waals surface area contributed by atoms with E-state index in [0.717, 1.165) is 32.1 Å². The van der Waals surface area contributed by atoms with Crippen molar-refractivity contribution < 1.29 is 4.79 Å². The van der Waals surface area contributed by atoms with Gasteiger partial charge in [-0.05, 0) is 39.2 Å². The van der Waals surface area contributed by atoms with E-state index < -0.39 is 0 Å². The summed E-state index contributed by atoms with van der Waals surface area (Å²) in [6, 6.07) is 0.637. The fourth-order valence-corrected chi connectivity index (χ4v) is 2.88. The number of amides is 1. The average Bonchev–Trinajstić information content (AvgIpc) is 2.71. The van der Waals surface area contributed by atoms with Crippen LogP contribution in [-0.2, 0) is 4.79 Å². The van der Waals surface area contributed by atoms with Crippen LogP contribution in [0.25, 0.3) is 0 Å². The Balaban J connectivity index is 1.89. The lowest BCUT2D eigenvalue weighted by atomic mass is 9.94. The molecule has 2 heterocycles. The molecule has 0 aromatic heterocycles. The number of hydrogen-bond donors (Lipinski definition) is 2. The molecule has 0 aromatic carbocycles. The zero-order chi connectivity index (χ0) is 11.5. The SMILES string of the molecule is CCNC(=O)C(C)N1CC2CCCNC2C1. The van der Waals surface area contributed by atoms with Gasteiger partial charge in [0.15, 0.2) is 0 Å². The van der Waals surface area contributed by atoms with Gasteiger partial charge in [-0.2, -0.15) is 0 Å². The highest BCUT2D eigenvalue weighted by Gasteiger charge is 2.37. The summed E-state index contributed by atoms with van der Waals surface area (Å²) in [5.41, 5.74) is 0. The van der Waals surface area contributed by atoms with E-state index in [9.17, 15) is 4.79 Å². The number of likely N-dealkylation sites (N-methyl/N-ethyl adjacent to an activating group) is 1. The van der Waals surface area contributed by atoms with Crippen LogP contribution in [0, 0.1) is 5.92 Å². The molecule has 0 saturated carbocycles. The Kier molecular flexibility index (Phi) is 3.82. The molecule has 0 aliphatic carbocycles. The maximum atomic E-state index is 11.8. The van der Waals surface area contributed by atoms with Gasteiger partial charge in [-0.15, -0.1) is 0 Å². The van der Waals surface area contributed by atoms with Gasteiger partial charge < -0.3 is 10.6 Å². The van der Waals surface area contributed by atoms with Crippen LogP contribution in [0.4, 0.5) is 0 Å². The van der Waals surface area contributed by atoms with Crippen LogP contribution in [0.15, 0.2) is 0 Å². The van der Waals surface area contributed by atoms with Crippen LogP contribution >= 0.6 is 0 Å². The maximum Gasteiger partial charge on any atom is 0.237 e. The van der Waals surface area contributed by atoms with Gasteiger partial charge in [-0.3, -0.25) is 9.69 Å². The molecule has 1 amide bonds. The Bertz CT molecular complexity index is 243. The second kappa shape index (κ2) is 5.15. The lowest BCUT2D eigenvalue weighted by molar-refractivity contribution is -0.125. The molecule has 92 valence electrons. The number of nitrogens with one attached hydrogen (secondary N) is 2. The third kappa shape index (κ3) is 2.38. The third-order valence-electron chi connectivity index (χ3n) is 3.91. The first-order valence-corrected chi connectivity index (χ1v) is 6.47. The number of likely N-dealkylation sites (tertiary alicyclic amines) is 1. The molecule has 0 spiro atoms. The molecule has 16 heavy (non-hydrogen) atoms. The first kappa shape index (κ1) is 11.9. The number of piperidine rings is 1. The Morgan fingerprint density at radius 3 is 3.06 bits per heavy atom. The third-order valence-corrected chi connectivity index (χ3v) is 3.91. The number of fused-ring (bicyclic) bond motifs is 1. The molecule has 3 unspecified atom stereocenters. The van der Waals surface area contributed by atoms with E-state index in [1.807, 2.05) is 13.8 Å². The van der Waals surface area contributed by atoms with Crippen molar-refractivity contribution in [1.82, 2.24) is 15.5 Å². The van der Waals surface area contributed by atoms with Gasteiger partial charge in [-0.1, -0.05) is 0 Å². The Hall–Kier alpha value is -0.610. The number of hydrogen-bond acceptors (Lipinski definition) is 3. The normalized spacial score (nSPS) is 32.1. The van der Waals surface area contributed by atoms with E-state index in [1.165, 1.54) is 12.8 Å². The Morgan fingerprint density at radius 2 is 2.38 bits per heavy atom. The van der Waals surface area contributed by atoms with Crippen LogP contribution < -0.4 is 10.6 Å². The van der Waals surface area contributed by atoms with E-state index in [4.69, 9.17) is 0 Å². The number of rotatable bonds is 3. The van der Waals surface area contributed by atoms with Gasteiger partial charge in [0.25, 0.3) is 0 Å². The molecule has 2 aliphatic rings. The van der Waals surface area contributed by atoms with E-state index >= 15 is 0 Å². The molecule has 4 heteroatoms. The molecule has 0 bridgehead atoms. The molecule has 2 aliphatic heterocycles. The standard InChI is InChI=1S/C12H23N3O/c1-3-13-12(16)9(2)15-7-10-5-4-6-14-11(10)8-15/h9-11,14H,3-8H2,1-2H3,(H,13,16). The van der Waals surface area contributed by atoms with Crippen LogP contribution in [0.3, 0.4) is 0 Å². The van der Waals surface area contributed by atoms with Gasteiger partial charge in [0.2, 0.25) is 5.91 Å². The Morgan fingerprint density at radius 1 is 1.56 bits per heavy atom. The highest BCUT2D eigenvalue weighted by Crippen LogP contribution is 2.26. The molecule has 2 rings (SSSR count). The lowest BCUT2D eigenvalue weighted by Crippen LogP contribution is -2.45. The summed E-state index contributed by atoms with van der Waals surface area (Å²) < 4.78 is 0. The highest BCUT2D eigenvalue weighted by molar-refractivity contribution is 5.81. The quantitative estimate of drug-likeness (QED) is 0.721. The minimum atomic E-state index is 0.0207. The van der Waals surface area contributed by atoms with Crippen molar-refractivity contribution in [3.63, 3.8) is 0 Å². The molecule has 0 aromatic rings. The van der Waals surface area contributed by atoms with Crippen molar-refractivity contribution >= 4 is 5.91 Å². The number of carbonyl (C=O) groups excluding carboxylic acids is 1. The van der Waals surface area contributed by atoms with Crippen molar-refractivity contribution in [2.45, 2.75) is 38.8 Å². The van der Waals surface area contributed by atoms with Gasteiger partial charge in [-0.25, -0.2) is 0 Å². The fourth-order valence-electron chi connectivity index (χ4n) is 2.88. The van der Waals surface area contributed by atoms with Crippen LogP contribution in [0.5, 0.6) is 0 Å². The summed E-state index contributed by atoms with van der Waals surface area (Å²) in [5, 5.41) is 6.47. The summed E-state index contributed by atoms with van der Waals surface area (Å²) in [4.78, 5) is 14.1. The van der Waals surface area contributed by atoms with Gasteiger partial charge in [0.05, 0.1) is 6.04 Å². The van der Waals surface area contributed by atoms with E-state index in [1.54, 1.807) is 0 Å². The summed E-state index contributed by atoms with van der Waals surface area (Å²) in [6.45, 7) is 7.96. The molecular formula is C12H23N3O. The van der Waals surface area contributed by atoms with E-state index in [2.05, 4.69) is 15.5 Å². The van der Waals surface area contributed by atoms with E-state index in [0.29, 0.717) is 6.04 Å². The zero-order valence-electron chi connectivity index (χ0n) is 10.3. The molecule has 2 saturated heterocycles. The lowest BCUT2D eigenvalue weighted by Gasteiger charge is -2.24. The monoisotopic (exact) mass is 225 g/mol. The van der Waals surface area contributed by atoms with Gasteiger partial charge in [0.1, 0.15) is 0 Å². The predicted octanol–water partition coefficient (Wildman–Crippen LogP) is 0.195. The maximum absolute atomic E-state index is 11.8. The summed E-state index contributed by atoms with van der Waals surface area (Å²) in [5.74, 6) is 0.923. The molecular weight excluding hydrogens is 202 g/mol. The molecule has 0 radical (unpaired) electrons. The second-order valence-electron chi connectivity index (χ2n) is 4.99. The second-order valence-corrected chi connectivity index (χ2v) is 4.99. The van der Waals surface area contributed by atoms with Crippen molar-refractivity contribution in [3.05, 3.63) is 0 Å². The summed E-state index contributed by atoms with van der Waals surface area (Å²) >= 11 is 0. The molecule has 3 atom stereocenters. The first-order chi connectivity index (χ1) is 7.72. The molecule has 2 fully saturated rings. The number of carbonyl (C=O) groups is 1. The van der Waals surface area contributed by atoms with Gasteiger partial charge >= 0.3 is 0 Å². The van der Waals surface area contributed by atoms with Crippen LogP contribution in [0.1, 0.15) is 26.7 Å². The van der Waals surface area contributed by atoms with Crippen LogP contribution in [-0.4, -0.2) is 49.1 Å². The van der Waals surface area contributed by atoms with Crippen molar-refractivity contribution in [3.8, 4) is 0 Å². The predicted molar refractivity (Wildman–Crippen MR) is 64.2 cm³/mol. The summed E-state index contributed by atoms with van der Waals surface area (Å²) in [6.07, 6.45) is 2.60. The van der Waals surface area contributed by atoms with Crippen molar-refractivity contribution in [2.75, 3.05) is 26.2 Å². The largest absolute Gasteiger partial charge is 0.355 e. The van der Waals surface area contributed by atoms with Crippen molar-refractivity contribution in [1.29, 1.82) is 0 Å².